The second-order valence-electron chi connectivity index (χ2n) is 7.52. The Balaban J connectivity index is 1.75. The first-order valence-electron chi connectivity index (χ1n) is 10.3. The van der Waals surface area contributed by atoms with Crippen LogP contribution in [0.1, 0.15) is 41.9 Å². The molecule has 0 saturated heterocycles. The first kappa shape index (κ1) is 21.8. The standard InChI is InChI=1S/C23H29FN4O2/c1-5-28(6-2)10-9-25-22(29)13-17-14(3)21(26-15(17)4)12-19-18-11-16(24)7-8-20(18)27-23(19)30/h7-8,11-12,26H,5-6,9-10,13H2,1-4H3,(H,25,29)(H,27,30). The van der Waals surface area contributed by atoms with Crippen LogP contribution in [-0.4, -0.2) is 47.9 Å². The zero-order chi connectivity index (χ0) is 21.8. The van der Waals surface area contributed by atoms with E-state index in [1.807, 2.05) is 13.8 Å². The van der Waals surface area contributed by atoms with Gasteiger partial charge in [-0.2, -0.15) is 0 Å². The smallest absolute Gasteiger partial charge is 0.256 e. The van der Waals surface area contributed by atoms with Crippen LogP contribution in [0.3, 0.4) is 0 Å². The van der Waals surface area contributed by atoms with Gasteiger partial charge in [0.15, 0.2) is 0 Å². The van der Waals surface area contributed by atoms with E-state index in [0.717, 1.165) is 42.1 Å². The predicted octanol–water partition coefficient (Wildman–Crippen LogP) is 3.26. The van der Waals surface area contributed by atoms with Gasteiger partial charge >= 0.3 is 0 Å². The molecule has 2 amide bonds. The van der Waals surface area contributed by atoms with Crippen LogP contribution in [0.15, 0.2) is 18.2 Å². The molecule has 160 valence electrons. The maximum atomic E-state index is 13.7. The molecule has 1 aliphatic heterocycles. The number of carbonyl (C=O) groups is 2. The molecule has 6 nitrogen and oxygen atoms in total. The molecule has 2 aromatic rings. The number of aromatic nitrogens is 1. The van der Waals surface area contributed by atoms with E-state index >= 15 is 0 Å². The Kier molecular flexibility index (Phi) is 6.72. The van der Waals surface area contributed by atoms with Crippen LogP contribution in [0.2, 0.25) is 0 Å². The fraction of sp³-hybridized carbons (Fsp3) is 0.391. The summed E-state index contributed by atoms with van der Waals surface area (Å²) in [6.07, 6.45) is 2.00. The fourth-order valence-corrected chi connectivity index (χ4v) is 3.79. The summed E-state index contributed by atoms with van der Waals surface area (Å²) < 4.78 is 13.7. The summed E-state index contributed by atoms with van der Waals surface area (Å²) in [7, 11) is 0. The monoisotopic (exact) mass is 412 g/mol. The van der Waals surface area contributed by atoms with Crippen molar-refractivity contribution < 1.29 is 14.0 Å². The highest BCUT2D eigenvalue weighted by Crippen LogP contribution is 2.34. The summed E-state index contributed by atoms with van der Waals surface area (Å²) in [5.74, 6) is -0.687. The molecule has 0 aliphatic carbocycles. The fourth-order valence-electron chi connectivity index (χ4n) is 3.79. The lowest BCUT2D eigenvalue weighted by atomic mass is 10.0. The van der Waals surface area contributed by atoms with E-state index in [0.29, 0.717) is 23.4 Å². The molecule has 1 aromatic carbocycles. The number of aryl methyl sites for hydroxylation is 1. The van der Waals surface area contributed by atoms with Gasteiger partial charge in [0.05, 0.1) is 12.0 Å². The van der Waals surface area contributed by atoms with Gasteiger partial charge in [-0.3, -0.25) is 9.59 Å². The number of amides is 2. The Morgan fingerprint density at radius 1 is 1.23 bits per heavy atom. The zero-order valence-electron chi connectivity index (χ0n) is 18.0. The second kappa shape index (κ2) is 9.26. The molecule has 0 unspecified atom stereocenters. The average Bonchev–Trinajstić information content (AvgIpc) is 3.16. The molecular weight excluding hydrogens is 383 g/mol. The topological polar surface area (TPSA) is 77.2 Å². The average molecular weight is 413 g/mol. The molecule has 1 aliphatic rings. The normalized spacial score (nSPS) is 14.3. The van der Waals surface area contributed by atoms with Gasteiger partial charge < -0.3 is 20.5 Å². The van der Waals surface area contributed by atoms with Gasteiger partial charge in [0, 0.05) is 35.7 Å². The number of aromatic amines is 1. The number of benzene rings is 1. The van der Waals surface area contributed by atoms with E-state index in [9.17, 15) is 14.0 Å². The lowest BCUT2D eigenvalue weighted by molar-refractivity contribution is -0.120. The number of nitrogens with zero attached hydrogens (tertiary/aromatic N) is 1. The summed E-state index contributed by atoms with van der Waals surface area (Å²) >= 11 is 0. The van der Waals surface area contributed by atoms with Crippen molar-refractivity contribution in [1.29, 1.82) is 0 Å². The van der Waals surface area contributed by atoms with Gasteiger partial charge in [-0.1, -0.05) is 13.8 Å². The Labute approximate surface area is 176 Å². The highest BCUT2D eigenvalue weighted by molar-refractivity contribution is 6.34. The van der Waals surface area contributed by atoms with Crippen molar-refractivity contribution >= 4 is 29.2 Å². The number of halogens is 1. The van der Waals surface area contributed by atoms with Crippen molar-refractivity contribution in [2.45, 2.75) is 34.1 Å². The molecule has 0 atom stereocenters. The zero-order valence-corrected chi connectivity index (χ0v) is 18.0. The van der Waals surface area contributed by atoms with Crippen LogP contribution in [0.4, 0.5) is 10.1 Å². The minimum atomic E-state index is -0.391. The van der Waals surface area contributed by atoms with Gasteiger partial charge in [-0.25, -0.2) is 4.39 Å². The van der Waals surface area contributed by atoms with E-state index in [1.165, 1.54) is 12.1 Å². The van der Waals surface area contributed by atoms with E-state index in [4.69, 9.17) is 0 Å². The SMILES string of the molecule is CCN(CC)CCNC(=O)Cc1c(C)[nH]c(C=C2C(=O)Nc3ccc(F)cc32)c1C. The lowest BCUT2D eigenvalue weighted by Gasteiger charge is -2.18. The highest BCUT2D eigenvalue weighted by Gasteiger charge is 2.25. The molecule has 1 aromatic heterocycles. The molecule has 0 spiro atoms. The van der Waals surface area contributed by atoms with Crippen molar-refractivity contribution in [1.82, 2.24) is 15.2 Å². The van der Waals surface area contributed by atoms with Crippen LogP contribution in [0.25, 0.3) is 11.6 Å². The van der Waals surface area contributed by atoms with E-state index in [2.05, 4.69) is 34.4 Å². The largest absolute Gasteiger partial charge is 0.359 e. The lowest BCUT2D eigenvalue weighted by Crippen LogP contribution is -2.35. The third-order valence-corrected chi connectivity index (χ3v) is 5.67. The number of hydrogen-bond acceptors (Lipinski definition) is 3. The maximum absolute atomic E-state index is 13.7. The van der Waals surface area contributed by atoms with E-state index < -0.39 is 5.82 Å². The van der Waals surface area contributed by atoms with Crippen molar-refractivity contribution in [3.05, 3.63) is 52.1 Å². The van der Waals surface area contributed by atoms with Crippen molar-refractivity contribution in [3.63, 3.8) is 0 Å². The molecule has 0 fully saturated rings. The summed E-state index contributed by atoms with van der Waals surface area (Å²) in [5, 5.41) is 5.73. The van der Waals surface area contributed by atoms with Crippen molar-refractivity contribution in [3.8, 4) is 0 Å². The van der Waals surface area contributed by atoms with Gasteiger partial charge in [0.1, 0.15) is 5.82 Å². The molecule has 3 rings (SSSR count). The summed E-state index contributed by atoms with van der Waals surface area (Å²) in [6.45, 7) is 11.4. The quantitative estimate of drug-likeness (QED) is 0.583. The Bertz CT molecular complexity index is 989. The molecule has 0 bridgehead atoms. The van der Waals surface area contributed by atoms with E-state index in [-0.39, 0.29) is 18.2 Å². The van der Waals surface area contributed by atoms with Gasteiger partial charge in [-0.15, -0.1) is 0 Å². The summed E-state index contributed by atoms with van der Waals surface area (Å²) in [5.41, 5.74) is 5.02. The molecule has 0 radical (unpaired) electrons. The highest BCUT2D eigenvalue weighted by atomic mass is 19.1. The van der Waals surface area contributed by atoms with Gasteiger partial charge in [0.2, 0.25) is 5.91 Å². The van der Waals surface area contributed by atoms with E-state index in [1.54, 1.807) is 12.1 Å². The number of hydrogen-bond donors (Lipinski definition) is 3. The third kappa shape index (κ3) is 4.62. The Morgan fingerprint density at radius 3 is 2.67 bits per heavy atom. The molecule has 3 N–H and O–H groups in total. The number of rotatable bonds is 8. The molecule has 2 heterocycles. The van der Waals surface area contributed by atoms with Crippen molar-refractivity contribution in [2.24, 2.45) is 0 Å². The Morgan fingerprint density at radius 2 is 1.97 bits per heavy atom. The maximum Gasteiger partial charge on any atom is 0.256 e. The van der Waals surface area contributed by atoms with Crippen LogP contribution in [-0.2, 0) is 16.0 Å². The number of anilines is 1. The van der Waals surface area contributed by atoms with Crippen LogP contribution < -0.4 is 10.6 Å². The van der Waals surface area contributed by atoms with Crippen LogP contribution in [0, 0.1) is 19.7 Å². The summed E-state index contributed by atoms with van der Waals surface area (Å²) in [6, 6.07) is 4.24. The first-order valence-corrected chi connectivity index (χ1v) is 10.3. The molecular formula is C23H29FN4O2. The number of fused-ring (bicyclic) bond motifs is 1. The Hall–Kier alpha value is -2.93. The van der Waals surface area contributed by atoms with Gasteiger partial charge in [-0.05, 0) is 62.3 Å². The minimum Gasteiger partial charge on any atom is -0.359 e. The minimum absolute atomic E-state index is 0.0300. The van der Waals surface area contributed by atoms with Crippen LogP contribution in [0.5, 0.6) is 0 Å². The first-order chi connectivity index (χ1) is 14.3. The third-order valence-electron chi connectivity index (χ3n) is 5.67. The predicted molar refractivity (Wildman–Crippen MR) is 118 cm³/mol. The second-order valence-corrected chi connectivity index (χ2v) is 7.52. The number of likely N-dealkylation sites (N-methyl/N-ethyl adjacent to an activating group) is 1. The number of carbonyl (C=O) groups excluding carboxylic acids is 2. The molecule has 0 saturated carbocycles. The number of nitrogens with one attached hydrogen (secondary N) is 3. The van der Waals surface area contributed by atoms with Crippen LogP contribution >= 0.6 is 0 Å². The molecule has 30 heavy (non-hydrogen) atoms. The summed E-state index contributed by atoms with van der Waals surface area (Å²) in [4.78, 5) is 30.3. The van der Waals surface area contributed by atoms with Gasteiger partial charge in [0.25, 0.3) is 5.91 Å². The molecule has 7 heteroatoms. The number of H-pyrrole nitrogens is 1. The van der Waals surface area contributed by atoms with Crippen molar-refractivity contribution in [2.75, 3.05) is 31.5 Å².